The standard InChI is InChI=1S/C22H24N4O/c1-13-9-14(2)11-18(10-13)24-22-23-17(5)12-19(25-22)21(27)26-20-15(3)7-6-8-16(20)4/h6-12H,1-5H3,(H,26,27)(H,23,24,25). The van der Waals surface area contributed by atoms with E-state index in [0.29, 0.717) is 11.6 Å². The van der Waals surface area contributed by atoms with Crippen molar-refractivity contribution in [1.82, 2.24) is 9.97 Å². The van der Waals surface area contributed by atoms with Crippen LogP contribution in [-0.4, -0.2) is 15.9 Å². The molecule has 3 rings (SSSR count). The first-order chi connectivity index (χ1) is 12.8. The van der Waals surface area contributed by atoms with Crippen molar-refractivity contribution in [2.45, 2.75) is 34.6 Å². The van der Waals surface area contributed by atoms with Gasteiger partial charge >= 0.3 is 0 Å². The van der Waals surface area contributed by atoms with Crippen LogP contribution in [0.2, 0.25) is 0 Å². The summed E-state index contributed by atoms with van der Waals surface area (Å²) in [5.74, 6) is 0.160. The van der Waals surface area contributed by atoms with Gasteiger partial charge in [0.25, 0.3) is 5.91 Å². The summed E-state index contributed by atoms with van der Waals surface area (Å²) < 4.78 is 0. The van der Waals surface area contributed by atoms with Gasteiger partial charge in [0.05, 0.1) is 0 Å². The molecule has 0 aliphatic heterocycles. The van der Waals surface area contributed by atoms with Gasteiger partial charge in [0, 0.05) is 17.1 Å². The number of nitrogens with zero attached hydrogens (tertiary/aromatic N) is 2. The first kappa shape index (κ1) is 18.6. The van der Waals surface area contributed by atoms with Crippen LogP contribution >= 0.6 is 0 Å². The fourth-order valence-corrected chi connectivity index (χ4v) is 3.11. The van der Waals surface area contributed by atoms with Crippen LogP contribution in [0.3, 0.4) is 0 Å². The van der Waals surface area contributed by atoms with E-state index in [4.69, 9.17) is 0 Å². The summed E-state index contributed by atoms with van der Waals surface area (Å²) in [4.78, 5) is 21.6. The number of aryl methyl sites for hydroxylation is 5. The second kappa shape index (κ2) is 7.58. The number of carbonyl (C=O) groups is 1. The van der Waals surface area contributed by atoms with Crippen molar-refractivity contribution in [3.8, 4) is 0 Å². The van der Waals surface area contributed by atoms with E-state index in [1.807, 2.05) is 65.0 Å². The van der Waals surface area contributed by atoms with Crippen LogP contribution in [0.5, 0.6) is 0 Å². The van der Waals surface area contributed by atoms with Crippen LogP contribution in [0.1, 0.15) is 38.4 Å². The lowest BCUT2D eigenvalue weighted by Gasteiger charge is -2.12. The Labute approximate surface area is 159 Å². The Kier molecular flexibility index (Phi) is 5.21. The molecule has 0 spiro atoms. The number of amides is 1. The molecule has 5 nitrogen and oxygen atoms in total. The van der Waals surface area contributed by atoms with Crippen LogP contribution in [0.15, 0.2) is 42.5 Å². The van der Waals surface area contributed by atoms with Crippen molar-refractivity contribution in [1.29, 1.82) is 0 Å². The first-order valence-electron chi connectivity index (χ1n) is 8.90. The summed E-state index contributed by atoms with van der Waals surface area (Å²) in [5.41, 5.74) is 7.11. The van der Waals surface area contributed by atoms with Gasteiger partial charge in [-0.1, -0.05) is 24.3 Å². The molecule has 2 N–H and O–H groups in total. The topological polar surface area (TPSA) is 66.9 Å². The van der Waals surface area contributed by atoms with Crippen LogP contribution in [0.25, 0.3) is 0 Å². The summed E-state index contributed by atoms with van der Waals surface area (Å²) in [7, 11) is 0. The zero-order valence-electron chi connectivity index (χ0n) is 16.3. The number of anilines is 3. The number of benzene rings is 2. The SMILES string of the molecule is Cc1cc(C)cc(Nc2nc(C)cc(C(=O)Nc3c(C)cccc3C)n2)c1. The lowest BCUT2D eigenvalue weighted by atomic mass is 10.1. The summed E-state index contributed by atoms with van der Waals surface area (Å²) in [6.45, 7) is 9.88. The smallest absolute Gasteiger partial charge is 0.274 e. The maximum Gasteiger partial charge on any atom is 0.274 e. The van der Waals surface area contributed by atoms with Crippen molar-refractivity contribution in [3.63, 3.8) is 0 Å². The largest absolute Gasteiger partial charge is 0.324 e. The molecule has 1 amide bonds. The number of nitrogens with one attached hydrogen (secondary N) is 2. The van der Waals surface area contributed by atoms with Gasteiger partial charge in [-0.25, -0.2) is 9.97 Å². The molecule has 0 unspecified atom stereocenters. The van der Waals surface area contributed by atoms with Crippen molar-refractivity contribution in [2.75, 3.05) is 10.6 Å². The highest BCUT2D eigenvalue weighted by Gasteiger charge is 2.13. The third-order valence-electron chi connectivity index (χ3n) is 4.28. The van der Waals surface area contributed by atoms with E-state index in [9.17, 15) is 4.79 Å². The normalized spacial score (nSPS) is 10.6. The van der Waals surface area contributed by atoms with Crippen molar-refractivity contribution in [2.24, 2.45) is 0 Å². The molecule has 1 aromatic heterocycles. The van der Waals surface area contributed by atoms with E-state index >= 15 is 0 Å². The first-order valence-corrected chi connectivity index (χ1v) is 8.90. The Morgan fingerprint density at radius 1 is 0.852 bits per heavy atom. The van der Waals surface area contributed by atoms with E-state index in [1.165, 1.54) is 0 Å². The summed E-state index contributed by atoms with van der Waals surface area (Å²) in [6.07, 6.45) is 0. The number of hydrogen-bond acceptors (Lipinski definition) is 4. The van der Waals surface area contributed by atoms with Gasteiger partial charge in [-0.05, 0) is 75.1 Å². The third-order valence-corrected chi connectivity index (χ3v) is 4.28. The molecule has 0 aliphatic rings. The van der Waals surface area contributed by atoms with Crippen molar-refractivity contribution >= 4 is 23.2 Å². The predicted octanol–water partition coefficient (Wildman–Crippen LogP) is 5.01. The minimum atomic E-state index is -0.249. The molecule has 2 aromatic carbocycles. The number of rotatable bonds is 4. The van der Waals surface area contributed by atoms with Crippen LogP contribution in [0.4, 0.5) is 17.3 Å². The Balaban J connectivity index is 1.87. The predicted molar refractivity (Wildman–Crippen MR) is 110 cm³/mol. The highest BCUT2D eigenvalue weighted by atomic mass is 16.1. The van der Waals surface area contributed by atoms with E-state index in [-0.39, 0.29) is 5.91 Å². The Morgan fingerprint density at radius 3 is 2.11 bits per heavy atom. The van der Waals surface area contributed by atoms with Gasteiger partial charge in [0.2, 0.25) is 5.95 Å². The summed E-state index contributed by atoms with van der Waals surface area (Å²) >= 11 is 0. The monoisotopic (exact) mass is 360 g/mol. The van der Waals surface area contributed by atoms with Crippen molar-refractivity contribution in [3.05, 3.63) is 76.1 Å². The molecule has 1 heterocycles. The molecular weight excluding hydrogens is 336 g/mol. The molecule has 0 saturated heterocycles. The second-order valence-corrected chi connectivity index (χ2v) is 6.94. The zero-order valence-corrected chi connectivity index (χ0v) is 16.3. The maximum atomic E-state index is 12.8. The van der Waals surface area contributed by atoms with Gasteiger partial charge in [-0.2, -0.15) is 0 Å². The lowest BCUT2D eigenvalue weighted by molar-refractivity contribution is 0.102. The molecule has 5 heteroatoms. The Bertz CT molecular complexity index is 971. The van der Waals surface area contributed by atoms with Gasteiger partial charge in [0.15, 0.2) is 0 Å². The molecule has 138 valence electrons. The number of hydrogen-bond donors (Lipinski definition) is 2. The maximum absolute atomic E-state index is 12.8. The average molecular weight is 360 g/mol. The van der Waals surface area contributed by atoms with Crippen LogP contribution in [-0.2, 0) is 0 Å². The number of para-hydroxylation sites is 1. The van der Waals surface area contributed by atoms with Gasteiger partial charge in [0.1, 0.15) is 5.69 Å². The second-order valence-electron chi connectivity index (χ2n) is 6.94. The van der Waals surface area contributed by atoms with Gasteiger partial charge < -0.3 is 10.6 Å². The van der Waals surface area contributed by atoms with Gasteiger partial charge in [-0.3, -0.25) is 4.79 Å². The Hall–Kier alpha value is -3.21. The molecule has 0 bridgehead atoms. The molecule has 0 radical (unpaired) electrons. The summed E-state index contributed by atoms with van der Waals surface area (Å²) in [5, 5.41) is 6.18. The molecule has 27 heavy (non-hydrogen) atoms. The fraction of sp³-hybridized carbons (Fsp3) is 0.227. The molecule has 0 saturated carbocycles. The minimum absolute atomic E-state index is 0.249. The fourth-order valence-electron chi connectivity index (χ4n) is 3.11. The van der Waals surface area contributed by atoms with Crippen molar-refractivity contribution < 1.29 is 4.79 Å². The molecule has 0 atom stereocenters. The van der Waals surface area contributed by atoms with E-state index in [2.05, 4.69) is 26.7 Å². The van der Waals surface area contributed by atoms with Gasteiger partial charge in [-0.15, -0.1) is 0 Å². The quantitative estimate of drug-likeness (QED) is 0.686. The lowest BCUT2D eigenvalue weighted by Crippen LogP contribution is -2.17. The number of aromatic nitrogens is 2. The average Bonchev–Trinajstić information content (AvgIpc) is 2.56. The molecule has 3 aromatic rings. The van der Waals surface area contributed by atoms with Crippen LogP contribution in [0, 0.1) is 34.6 Å². The molecule has 0 fully saturated rings. The molecular formula is C22H24N4O. The Morgan fingerprint density at radius 2 is 1.48 bits per heavy atom. The van der Waals surface area contributed by atoms with Crippen LogP contribution < -0.4 is 10.6 Å². The molecule has 0 aliphatic carbocycles. The van der Waals surface area contributed by atoms with E-state index < -0.39 is 0 Å². The summed E-state index contributed by atoms with van der Waals surface area (Å²) in [6, 6.07) is 13.8. The third kappa shape index (κ3) is 4.50. The minimum Gasteiger partial charge on any atom is -0.324 e. The zero-order chi connectivity index (χ0) is 19.6. The number of carbonyl (C=O) groups excluding carboxylic acids is 1. The van der Waals surface area contributed by atoms with E-state index in [0.717, 1.165) is 39.3 Å². The van der Waals surface area contributed by atoms with E-state index in [1.54, 1.807) is 6.07 Å². The highest BCUT2D eigenvalue weighted by Crippen LogP contribution is 2.21. The highest BCUT2D eigenvalue weighted by molar-refractivity contribution is 6.04.